The fraction of sp³-hybridized carbons (Fsp3) is 0.409. The second-order valence-corrected chi connectivity index (χ2v) is 7.58. The summed E-state index contributed by atoms with van der Waals surface area (Å²) >= 11 is 0. The summed E-state index contributed by atoms with van der Waals surface area (Å²) in [6, 6.07) is 15.5. The van der Waals surface area contributed by atoms with Crippen molar-refractivity contribution in [1.29, 1.82) is 5.26 Å². The molecule has 0 saturated carbocycles. The number of nitriles is 1. The Hall–Kier alpha value is -2.51. The van der Waals surface area contributed by atoms with Gasteiger partial charge in [0.05, 0.1) is 0 Å². The predicted molar refractivity (Wildman–Crippen MR) is 99.5 cm³/mol. The highest BCUT2D eigenvalue weighted by Gasteiger charge is 2.42. The highest BCUT2D eigenvalue weighted by atomic mass is 16.1. The highest BCUT2D eigenvalue weighted by Crippen LogP contribution is 2.40. The molecule has 2 atom stereocenters. The topological polar surface area (TPSA) is 57.0 Å². The molecule has 3 heterocycles. The van der Waals surface area contributed by atoms with Crippen LogP contribution < -0.4 is 0 Å². The first-order valence-corrected chi connectivity index (χ1v) is 9.36. The Morgan fingerprint density at radius 3 is 2.54 bits per heavy atom. The van der Waals surface area contributed by atoms with Crippen molar-refractivity contribution in [1.82, 2.24) is 9.88 Å². The van der Waals surface area contributed by atoms with Gasteiger partial charge in [-0.15, -0.1) is 0 Å². The maximum Gasteiger partial charge on any atom is 0.167 e. The standard InChI is InChI=1S/C22H23N3O/c1-15-9-18(13-24-21(15)12-23)22(26)17-10-19-7-8-20(11-17)25(19)14-16-5-3-2-4-6-16/h2-6,9,13,17,19-20H,7-8,10-11,14H2,1H3. The van der Waals surface area contributed by atoms with Gasteiger partial charge in [-0.25, -0.2) is 4.98 Å². The molecule has 2 unspecified atom stereocenters. The lowest BCUT2D eigenvalue weighted by Gasteiger charge is -2.38. The van der Waals surface area contributed by atoms with Crippen molar-refractivity contribution in [2.75, 3.05) is 0 Å². The number of pyridine rings is 1. The molecule has 4 heteroatoms. The summed E-state index contributed by atoms with van der Waals surface area (Å²) in [5, 5.41) is 9.02. The second-order valence-electron chi connectivity index (χ2n) is 7.58. The zero-order chi connectivity index (χ0) is 18.1. The predicted octanol–water partition coefficient (Wildman–Crippen LogP) is 3.89. The number of carbonyl (C=O) groups is 1. The fourth-order valence-electron chi connectivity index (χ4n) is 4.60. The smallest absolute Gasteiger partial charge is 0.167 e. The zero-order valence-electron chi connectivity index (χ0n) is 15.1. The number of Topliss-reactive ketones (excluding diaryl/α,β-unsaturated/α-hetero) is 1. The summed E-state index contributed by atoms with van der Waals surface area (Å²) in [6.45, 7) is 2.82. The molecule has 132 valence electrons. The first kappa shape index (κ1) is 16.9. The molecule has 4 nitrogen and oxygen atoms in total. The van der Waals surface area contributed by atoms with Crippen LogP contribution in [-0.4, -0.2) is 27.8 Å². The van der Waals surface area contributed by atoms with E-state index in [1.165, 1.54) is 18.4 Å². The Kier molecular flexibility index (Phi) is 4.57. The Morgan fingerprint density at radius 2 is 1.92 bits per heavy atom. The normalized spacial score (nSPS) is 25.0. The quantitative estimate of drug-likeness (QED) is 0.789. The Bertz CT molecular complexity index is 841. The van der Waals surface area contributed by atoms with Crippen LogP contribution in [0.3, 0.4) is 0 Å². The van der Waals surface area contributed by atoms with Crippen molar-refractivity contribution in [2.45, 2.75) is 51.2 Å². The monoisotopic (exact) mass is 345 g/mol. The van der Waals surface area contributed by atoms with Gasteiger partial charge in [0.15, 0.2) is 5.78 Å². The van der Waals surface area contributed by atoms with Crippen molar-refractivity contribution >= 4 is 5.78 Å². The molecule has 0 amide bonds. The minimum atomic E-state index is 0.0775. The van der Waals surface area contributed by atoms with Gasteiger partial charge in [0.1, 0.15) is 11.8 Å². The second kappa shape index (κ2) is 7.01. The largest absolute Gasteiger partial charge is 0.294 e. The molecule has 4 rings (SSSR count). The highest BCUT2D eigenvalue weighted by molar-refractivity contribution is 5.98. The van der Waals surface area contributed by atoms with E-state index in [0.29, 0.717) is 23.3 Å². The molecular formula is C22H23N3O. The minimum Gasteiger partial charge on any atom is -0.294 e. The van der Waals surface area contributed by atoms with E-state index in [0.717, 1.165) is 24.9 Å². The molecule has 0 N–H and O–H groups in total. The third kappa shape index (κ3) is 3.15. The molecule has 2 aromatic rings. The lowest BCUT2D eigenvalue weighted by molar-refractivity contribution is 0.0678. The van der Waals surface area contributed by atoms with Gasteiger partial charge in [0.2, 0.25) is 0 Å². The number of aromatic nitrogens is 1. The van der Waals surface area contributed by atoms with Crippen molar-refractivity contribution in [3.63, 3.8) is 0 Å². The van der Waals surface area contributed by atoms with Crippen LogP contribution in [0.2, 0.25) is 0 Å². The van der Waals surface area contributed by atoms with Gasteiger partial charge in [-0.05, 0) is 49.8 Å². The van der Waals surface area contributed by atoms with Crippen LogP contribution >= 0.6 is 0 Å². The lowest BCUT2D eigenvalue weighted by atomic mass is 9.84. The third-order valence-electron chi connectivity index (χ3n) is 5.93. The van der Waals surface area contributed by atoms with Gasteiger partial charge in [-0.2, -0.15) is 5.26 Å². The Morgan fingerprint density at radius 1 is 1.23 bits per heavy atom. The fourth-order valence-corrected chi connectivity index (χ4v) is 4.60. The number of hydrogen-bond donors (Lipinski definition) is 0. The summed E-state index contributed by atoms with van der Waals surface area (Å²) < 4.78 is 0. The molecule has 0 radical (unpaired) electrons. The SMILES string of the molecule is Cc1cc(C(=O)C2CC3CCC(C2)N3Cc2ccccc2)cnc1C#N. The molecule has 1 aromatic carbocycles. The molecule has 0 spiro atoms. The van der Waals surface area contributed by atoms with Crippen molar-refractivity contribution in [3.05, 3.63) is 65.0 Å². The molecule has 1 aromatic heterocycles. The molecule has 2 saturated heterocycles. The molecule has 2 aliphatic heterocycles. The first-order valence-electron chi connectivity index (χ1n) is 9.36. The van der Waals surface area contributed by atoms with Gasteiger partial charge < -0.3 is 0 Å². The Labute approximate surface area is 154 Å². The van der Waals surface area contributed by atoms with Crippen LogP contribution in [-0.2, 0) is 6.54 Å². The minimum absolute atomic E-state index is 0.0775. The van der Waals surface area contributed by atoms with E-state index in [9.17, 15) is 4.79 Å². The van der Waals surface area contributed by atoms with Gasteiger partial charge >= 0.3 is 0 Å². The number of carbonyl (C=O) groups excluding carboxylic acids is 1. The average Bonchev–Trinajstić information content (AvgIpc) is 2.90. The molecule has 2 bridgehead atoms. The van der Waals surface area contributed by atoms with E-state index in [2.05, 4.69) is 46.3 Å². The zero-order valence-corrected chi connectivity index (χ0v) is 15.1. The number of ketones is 1. The average molecular weight is 345 g/mol. The molecule has 0 aliphatic carbocycles. The van der Waals surface area contributed by atoms with Gasteiger partial charge in [-0.3, -0.25) is 9.69 Å². The van der Waals surface area contributed by atoms with Crippen molar-refractivity contribution in [3.8, 4) is 6.07 Å². The molecule has 2 fully saturated rings. The summed E-state index contributed by atoms with van der Waals surface area (Å²) in [5.74, 6) is 0.273. The summed E-state index contributed by atoms with van der Waals surface area (Å²) in [5.41, 5.74) is 3.19. The van der Waals surface area contributed by atoms with Crippen molar-refractivity contribution < 1.29 is 4.79 Å². The lowest BCUT2D eigenvalue weighted by Crippen LogP contribution is -2.44. The molecule has 26 heavy (non-hydrogen) atoms. The van der Waals surface area contributed by atoms with E-state index < -0.39 is 0 Å². The number of fused-ring (bicyclic) bond motifs is 2. The van der Waals surface area contributed by atoms with Gasteiger partial charge in [0, 0.05) is 36.3 Å². The summed E-state index contributed by atoms with van der Waals surface area (Å²) in [6.07, 6.45) is 5.81. The van der Waals surface area contributed by atoms with Crippen molar-refractivity contribution in [2.24, 2.45) is 5.92 Å². The van der Waals surface area contributed by atoms with Gasteiger partial charge in [-0.1, -0.05) is 30.3 Å². The van der Waals surface area contributed by atoms with Gasteiger partial charge in [0.25, 0.3) is 0 Å². The van der Waals surface area contributed by atoms with Crippen LogP contribution in [0.5, 0.6) is 0 Å². The van der Waals surface area contributed by atoms with E-state index in [1.807, 2.05) is 13.0 Å². The number of hydrogen-bond acceptors (Lipinski definition) is 4. The van der Waals surface area contributed by atoms with Crippen LogP contribution in [0.15, 0.2) is 42.6 Å². The van der Waals surface area contributed by atoms with E-state index in [1.54, 1.807) is 6.20 Å². The maximum atomic E-state index is 13.0. The van der Waals surface area contributed by atoms with E-state index in [-0.39, 0.29) is 11.7 Å². The molecule has 2 aliphatic rings. The number of aryl methyl sites for hydroxylation is 1. The van der Waals surface area contributed by atoms with E-state index >= 15 is 0 Å². The van der Waals surface area contributed by atoms with Crippen LogP contribution in [0.25, 0.3) is 0 Å². The van der Waals surface area contributed by atoms with Crippen LogP contribution in [0.4, 0.5) is 0 Å². The van der Waals surface area contributed by atoms with E-state index in [4.69, 9.17) is 5.26 Å². The maximum absolute atomic E-state index is 13.0. The summed E-state index contributed by atoms with van der Waals surface area (Å²) in [4.78, 5) is 19.7. The van der Waals surface area contributed by atoms with Crippen LogP contribution in [0, 0.1) is 24.2 Å². The number of nitrogens with zero attached hydrogens (tertiary/aromatic N) is 3. The number of benzene rings is 1. The Balaban J connectivity index is 1.47. The van der Waals surface area contributed by atoms with Crippen LogP contribution in [0.1, 0.15) is 52.9 Å². The number of rotatable bonds is 4. The number of piperidine rings is 1. The first-order chi connectivity index (χ1) is 12.7. The third-order valence-corrected chi connectivity index (χ3v) is 5.93. The molecular weight excluding hydrogens is 322 g/mol. The summed E-state index contributed by atoms with van der Waals surface area (Å²) in [7, 11) is 0.